The number of nitrogens with zero attached hydrogens (tertiary/aromatic N) is 1. The summed E-state index contributed by atoms with van der Waals surface area (Å²) in [6, 6.07) is 19.8. The van der Waals surface area contributed by atoms with E-state index >= 15 is 0 Å². The SMILES string of the molecule is COc1ccccc1NC(=O)c1ccc(NC(=O)CCNc2ccccc2[N+](=O)[O-])cc1. The van der Waals surface area contributed by atoms with Gasteiger partial charge in [0.05, 0.1) is 17.7 Å². The molecule has 0 fully saturated rings. The van der Waals surface area contributed by atoms with Gasteiger partial charge in [-0.15, -0.1) is 0 Å². The number of hydrogen-bond donors (Lipinski definition) is 3. The summed E-state index contributed by atoms with van der Waals surface area (Å²) < 4.78 is 5.22. The minimum absolute atomic E-state index is 0.0464. The van der Waals surface area contributed by atoms with Gasteiger partial charge in [0, 0.05) is 30.3 Å². The zero-order valence-electron chi connectivity index (χ0n) is 17.3. The molecule has 9 nitrogen and oxygen atoms in total. The molecule has 0 aliphatic rings. The first-order valence-corrected chi connectivity index (χ1v) is 9.79. The number of methoxy groups -OCH3 is 1. The van der Waals surface area contributed by atoms with Gasteiger partial charge in [0.2, 0.25) is 5.91 Å². The molecule has 0 unspecified atom stereocenters. The molecule has 0 bridgehead atoms. The Bertz CT molecular complexity index is 1120. The molecule has 0 aliphatic carbocycles. The smallest absolute Gasteiger partial charge is 0.292 e. The van der Waals surface area contributed by atoms with Gasteiger partial charge in [0.25, 0.3) is 11.6 Å². The largest absolute Gasteiger partial charge is 0.495 e. The highest BCUT2D eigenvalue weighted by Crippen LogP contribution is 2.24. The summed E-state index contributed by atoms with van der Waals surface area (Å²) in [6.45, 7) is 0.232. The molecule has 0 spiro atoms. The number of nitro benzene ring substituents is 1. The maximum atomic E-state index is 12.5. The van der Waals surface area contributed by atoms with Gasteiger partial charge in [0.1, 0.15) is 11.4 Å². The molecule has 0 atom stereocenters. The number of hydrogen-bond acceptors (Lipinski definition) is 6. The second kappa shape index (κ2) is 10.6. The van der Waals surface area contributed by atoms with E-state index in [0.29, 0.717) is 28.4 Å². The molecule has 0 heterocycles. The van der Waals surface area contributed by atoms with Gasteiger partial charge in [-0.05, 0) is 42.5 Å². The fraction of sp³-hybridized carbons (Fsp3) is 0.130. The van der Waals surface area contributed by atoms with E-state index in [1.807, 2.05) is 6.07 Å². The average molecular weight is 434 g/mol. The number of rotatable bonds is 9. The molecule has 164 valence electrons. The maximum Gasteiger partial charge on any atom is 0.292 e. The molecule has 32 heavy (non-hydrogen) atoms. The minimum atomic E-state index is -0.478. The number of nitro groups is 1. The molecule has 0 aromatic heterocycles. The van der Waals surface area contributed by atoms with Gasteiger partial charge in [-0.3, -0.25) is 19.7 Å². The van der Waals surface area contributed by atoms with Crippen LogP contribution >= 0.6 is 0 Å². The van der Waals surface area contributed by atoms with Crippen LogP contribution in [0.15, 0.2) is 72.8 Å². The number of anilines is 3. The lowest BCUT2D eigenvalue weighted by Gasteiger charge is -2.11. The number of carbonyl (C=O) groups is 2. The van der Waals surface area contributed by atoms with E-state index in [1.54, 1.807) is 60.7 Å². The average Bonchev–Trinajstić information content (AvgIpc) is 2.80. The van der Waals surface area contributed by atoms with Crippen LogP contribution in [0.1, 0.15) is 16.8 Å². The van der Waals surface area contributed by atoms with Crippen LogP contribution in [0.2, 0.25) is 0 Å². The van der Waals surface area contributed by atoms with Crippen molar-refractivity contribution in [2.24, 2.45) is 0 Å². The molecule has 2 amide bonds. The van der Waals surface area contributed by atoms with Crippen LogP contribution in [0.4, 0.5) is 22.7 Å². The van der Waals surface area contributed by atoms with Crippen molar-refractivity contribution in [3.8, 4) is 5.75 Å². The fourth-order valence-corrected chi connectivity index (χ4v) is 2.96. The van der Waals surface area contributed by atoms with Crippen LogP contribution in [0.5, 0.6) is 5.75 Å². The van der Waals surface area contributed by atoms with Gasteiger partial charge >= 0.3 is 0 Å². The quantitative estimate of drug-likeness (QED) is 0.341. The monoisotopic (exact) mass is 434 g/mol. The van der Waals surface area contributed by atoms with Crippen LogP contribution < -0.4 is 20.7 Å². The predicted molar refractivity (Wildman–Crippen MR) is 122 cm³/mol. The Balaban J connectivity index is 1.51. The van der Waals surface area contributed by atoms with E-state index in [9.17, 15) is 19.7 Å². The second-order valence-corrected chi connectivity index (χ2v) is 6.73. The molecular formula is C23H22N4O5. The molecule has 0 saturated carbocycles. The molecular weight excluding hydrogens is 412 g/mol. The third-order valence-electron chi connectivity index (χ3n) is 4.55. The maximum absolute atomic E-state index is 12.5. The van der Waals surface area contributed by atoms with E-state index < -0.39 is 4.92 Å². The summed E-state index contributed by atoms with van der Waals surface area (Å²) >= 11 is 0. The Morgan fingerprint density at radius 2 is 1.56 bits per heavy atom. The Morgan fingerprint density at radius 3 is 2.25 bits per heavy atom. The summed E-state index contributed by atoms with van der Waals surface area (Å²) in [7, 11) is 1.53. The van der Waals surface area contributed by atoms with Gasteiger partial charge in [-0.2, -0.15) is 0 Å². The van der Waals surface area contributed by atoms with Crippen LogP contribution in [0, 0.1) is 10.1 Å². The molecule has 3 N–H and O–H groups in total. The standard InChI is InChI=1S/C23H22N4O5/c1-32-21-9-5-3-7-19(21)26-23(29)16-10-12-17(13-11-16)25-22(28)14-15-24-18-6-2-4-8-20(18)27(30)31/h2-13,24H,14-15H2,1H3,(H,25,28)(H,26,29). The first-order chi connectivity index (χ1) is 15.5. The fourth-order valence-electron chi connectivity index (χ4n) is 2.96. The molecule has 0 aliphatic heterocycles. The first-order valence-electron chi connectivity index (χ1n) is 9.79. The lowest BCUT2D eigenvalue weighted by molar-refractivity contribution is -0.384. The number of nitrogens with one attached hydrogen (secondary N) is 3. The van der Waals surface area contributed by atoms with Crippen LogP contribution in [-0.4, -0.2) is 30.4 Å². The highest BCUT2D eigenvalue weighted by Gasteiger charge is 2.13. The lowest BCUT2D eigenvalue weighted by atomic mass is 10.2. The highest BCUT2D eigenvalue weighted by atomic mass is 16.6. The Labute approximate surface area is 184 Å². The zero-order chi connectivity index (χ0) is 22.9. The molecule has 9 heteroatoms. The van der Waals surface area contributed by atoms with Crippen molar-refractivity contribution in [3.63, 3.8) is 0 Å². The van der Waals surface area contributed by atoms with Crippen molar-refractivity contribution in [1.82, 2.24) is 0 Å². The zero-order valence-corrected chi connectivity index (χ0v) is 17.3. The molecule has 0 radical (unpaired) electrons. The third-order valence-corrected chi connectivity index (χ3v) is 4.55. The number of ether oxygens (including phenoxy) is 1. The summed E-state index contributed by atoms with van der Waals surface area (Å²) in [5.74, 6) is -0.0116. The van der Waals surface area contributed by atoms with E-state index in [-0.39, 0.29) is 30.5 Å². The van der Waals surface area contributed by atoms with Crippen LogP contribution in [0.3, 0.4) is 0 Å². The van der Waals surface area contributed by atoms with Crippen molar-refractivity contribution < 1.29 is 19.2 Å². The van der Waals surface area contributed by atoms with Gasteiger partial charge in [-0.25, -0.2) is 0 Å². The summed E-state index contributed by atoms with van der Waals surface area (Å²) in [5, 5.41) is 19.4. The third kappa shape index (κ3) is 5.82. The summed E-state index contributed by atoms with van der Waals surface area (Å²) in [5.41, 5.74) is 1.83. The van der Waals surface area contributed by atoms with Crippen molar-refractivity contribution in [2.45, 2.75) is 6.42 Å². The number of amides is 2. The van der Waals surface area contributed by atoms with Crippen LogP contribution in [0.25, 0.3) is 0 Å². The van der Waals surface area contributed by atoms with E-state index in [4.69, 9.17) is 4.74 Å². The Hall–Kier alpha value is -4.40. The Kier molecular flexibility index (Phi) is 7.37. The molecule has 0 saturated heterocycles. The number of carbonyl (C=O) groups excluding carboxylic acids is 2. The molecule has 3 rings (SSSR count). The predicted octanol–water partition coefficient (Wildman–Crippen LogP) is 4.30. The van der Waals surface area contributed by atoms with E-state index in [0.717, 1.165) is 0 Å². The summed E-state index contributed by atoms with van der Waals surface area (Å²) in [6.07, 6.45) is 0.113. The topological polar surface area (TPSA) is 123 Å². The van der Waals surface area contributed by atoms with Crippen molar-refractivity contribution in [3.05, 3.63) is 88.5 Å². The minimum Gasteiger partial charge on any atom is -0.495 e. The van der Waals surface area contributed by atoms with Gasteiger partial charge < -0.3 is 20.7 Å². The Morgan fingerprint density at radius 1 is 0.906 bits per heavy atom. The van der Waals surface area contributed by atoms with Crippen molar-refractivity contribution in [2.75, 3.05) is 29.6 Å². The summed E-state index contributed by atoms with van der Waals surface area (Å²) in [4.78, 5) is 35.2. The lowest BCUT2D eigenvalue weighted by Crippen LogP contribution is -2.17. The van der Waals surface area contributed by atoms with Crippen LogP contribution in [-0.2, 0) is 4.79 Å². The highest BCUT2D eigenvalue weighted by molar-refractivity contribution is 6.05. The normalized spacial score (nSPS) is 10.2. The first kappa shape index (κ1) is 22.3. The van der Waals surface area contributed by atoms with Gasteiger partial charge in [0.15, 0.2) is 0 Å². The molecule has 3 aromatic carbocycles. The second-order valence-electron chi connectivity index (χ2n) is 6.73. The molecule has 3 aromatic rings. The van der Waals surface area contributed by atoms with Gasteiger partial charge in [-0.1, -0.05) is 24.3 Å². The van der Waals surface area contributed by atoms with Crippen molar-refractivity contribution in [1.29, 1.82) is 0 Å². The number of para-hydroxylation sites is 4. The number of benzene rings is 3. The van der Waals surface area contributed by atoms with E-state index in [2.05, 4.69) is 16.0 Å². The van der Waals surface area contributed by atoms with E-state index in [1.165, 1.54) is 13.2 Å². The van der Waals surface area contributed by atoms with Crippen molar-refractivity contribution >= 4 is 34.6 Å².